The molecule has 0 atom stereocenters. The zero-order chi connectivity index (χ0) is 30.9. The van der Waals surface area contributed by atoms with E-state index in [4.69, 9.17) is 8.83 Å². The van der Waals surface area contributed by atoms with Crippen LogP contribution in [0.2, 0.25) is 0 Å². The van der Waals surface area contributed by atoms with Gasteiger partial charge in [-0.05, 0) is 59.4 Å². The number of rotatable bonds is 4. The van der Waals surface area contributed by atoms with Crippen molar-refractivity contribution in [3.05, 3.63) is 139 Å². The largest absolute Gasteiger partial charge is 0.455 e. The highest BCUT2D eigenvalue weighted by Gasteiger charge is 2.25. The van der Waals surface area contributed by atoms with E-state index in [9.17, 15) is 0 Å². The smallest absolute Gasteiger partial charge is 0.159 e. The lowest BCUT2D eigenvalue weighted by Gasteiger charge is -2.27. The van der Waals surface area contributed by atoms with Crippen LogP contribution in [-0.2, 0) is 0 Å². The lowest BCUT2D eigenvalue weighted by Crippen LogP contribution is -2.10. The molecule has 0 aliphatic heterocycles. The molecule has 0 amide bonds. The van der Waals surface area contributed by atoms with Crippen LogP contribution in [0.5, 0.6) is 0 Å². The van der Waals surface area contributed by atoms with E-state index in [0.29, 0.717) is 5.92 Å². The summed E-state index contributed by atoms with van der Waals surface area (Å²) >= 11 is 0. The first-order valence-corrected chi connectivity index (χ1v) is 16.9. The highest BCUT2D eigenvalue weighted by atomic mass is 16.3. The van der Waals surface area contributed by atoms with Gasteiger partial charge in [-0.15, -0.1) is 0 Å². The number of benzene rings is 7. The van der Waals surface area contributed by atoms with Gasteiger partial charge in [0.25, 0.3) is 0 Å². The van der Waals surface area contributed by atoms with Crippen molar-refractivity contribution in [1.82, 2.24) is 0 Å². The van der Waals surface area contributed by atoms with Gasteiger partial charge in [0, 0.05) is 44.1 Å². The third-order valence-corrected chi connectivity index (χ3v) is 10.4. The average Bonchev–Trinajstić information content (AvgIpc) is 3.72. The second-order valence-corrected chi connectivity index (χ2v) is 13.1. The lowest BCUT2D eigenvalue weighted by molar-refractivity contribution is 0.442. The van der Waals surface area contributed by atoms with Crippen LogP contribution in [0, 0.1) is 0 Å². The fourth-order valence-corrected chi connectivity index (χ4v) is 8.26. The second kappa shape index (κ2) is 10.5. The number of hydrogen-bond donors (Lipinski definition) is 0. The maximum atomic E-state index is 7.02. The van der Waals surface area contributed by atoms with E-state index in [-0.39, 0.29) is 0 Å². The van der Waals surface area contributed by atoms with Crippen molar-refractivity contribution >= 4 is 82.5 Å². The molecule has 2 aromatic heterocycles. The van der Waals surface area contributed by atoms with Crippen LogP contribution in [0.4, 0.5) is 17.1 Å². The van der Waals surface area contributed by atoms with Gasteiger partial charge in [0.05, 0.1) is 11.4 Å². The normalized spacial score (nSPS) is 14.3. The zero-order valence-electron chi connectivity index (χ0n) is 26.1. The minimum absolute atomic E-state index is 0.553. The number of nitrogens with zero attached hydrogens (tertiary/aromatic N) is 1. The average molecular weight is 608 g/mol. The molecule has 7 aromatic carbocycles. The van der Waals surface area contributed by atoms with Crippen molar-refractivity contribution < 1.29 is 8.83 Å². The molecule has 0 unspecified atom stereocenters. The Labute approximate surface area is 272 Å². The van der Waals surface area contributed by atoms with Crippen molar-refractivity contribution in [2.45, 2.75) is 38.0 Å². The molecule has 1 aliphatic carbocycles. The van der Waals surface area contributed by atoms with E-state index in [0.717, 1.165) is 66.3 Å². The van der Waals surface area contributed by atoms with Gasteiger partial charge in [-0.25, -0.2) is 0 Å². The summed E-state index contributed by atoms with van der Waals surface area (Å²) in [5.41, 5.74) is 8.27. The molecule has 3 nitrogen and oxygen atoms in total. The molecule has 10 rings (SSSR count). The third kappa shape index (κ3) is 4.06. The number of hydrogen-bond acceptors (Lipinski definition) is 3. The molecule has 2 heterocycles. The molecule has 1 fully saturated rings. The zero-order valence-corrected chi connectivity index (χ0v) is 26.1. The molecule has 3 heteroatoms. The fourth-order valence-electron chi connectivity index (χ4n) is 8.26. The van der Waals surface area contributed by atoms with Gasteiger partial charge in [-0.3, -0.25) is 0 Å². The maximum Gasteiger partial charge on any atom is 0.159 e. The highest BCUT2D eigenvalue weighted by Crippen LogP contribution is 2.48. The van der Waals surface area contributed by atoms with Crippen molar-refractivity contribution in [2.75, 3.05) is 4.90 Å². The summed E-state index contributed by atoms with van der Waals surface area (Å²) < 4.78 is 13.8. The summed E-state index contributed by atoms with van der Waals surface area (Å²) in [6, 6.07) is 47.8. The Morgan fingerprint density at radius 1 is 0.468 bits per heavy atom. The van der Waals surface area contributed by atoms with Crippen molar-refractivity contribution in [1.29, 1.82) is 0 Å². The summed E-state index contributed by atoms with van der Waals surface area (Å²) in [5.74, 6) is 0.553. The van der Waals surface area contributed by atoms with Gasteiger partial charge in [0.1, 0.15) is 16.7 Å². The van der Waals surface area contributed by atoms with E-state index < -0.39 is 0 Å². The first kappa shape index (κ1) is 26.7. The van der Waals surface area contributed by atoms with Gasteiger partial charge in [0.15, 0.2) is 5.58 Å². The van der Waals surface area contributed by atoms with Crippen LogP contribution in [0.25, 0.3) is 65.4 Å². The van der Waals surface area contributed by atoms with Crippen LogP contribution >= 0.6 is 0 Å². The molecule has 0 saturated heterocycles. The number of para-hydroxylation sites is 3. The minimum Gasteiger partial charge on any atom is -0.455 e. The van der Waals surface area contributed by atoms with Gasteiger partial charge < -0.3 is 13.7 Å². The second-order valence-electron chi connectivity index (χ2n) is 13.1. The van der Waals surface area contributed by atoms with Crippen LogP contribution in [0.1, 0.15) is 43.6 Å². The Morgan fingerprint density at radius 2 is 1.17 bits per heavy atom. The van der Waals surface area contributed by atoms with E-state index in [2.05, 4.69) is 138 Å². The molecular formula is C44H33NO2. The van der Waals surface area contributed by atoms with Crippen molar-refractivity contribution in [3.8, 4) is 0 Å². The summed E-state index contributed by atoms with van der Waals surface area (Å²) in [6.45, 7) is 0. The molecule has 47 heavy (non-hydrogen) atoms. The summed E-state index contributed by atoms with van der Waals surface area (Å²) in [5, 5.41) is 9.28. The van der Waals surface area contributed by atoms with Crippen molar-refractivity contribution in [2.24, 2.45) is 0 Å². The van der Waals surface area contributed by atoms with E-state index >= 15 is 0 Å². The van der Waals surface area contributed by atoms with Crippen LogP contribution in [0.15, 0.2) is 142 Å². The molecule has 226 valence electrons. The first-order chi connectivity index (χ1) is 23.3. The Balaban J connectivity index is 1.27. The van der Waals surface area contributed by atoms with Crippen LogP contribution in [-0.4, -0.2) is 0 Å². The monoisotopic (exact) mass is 607 g/mol. The lowest BCUT2D eigenvalue weighted by atomic mass is 9.83. The van der Waals surface area contributed by atoms with Crippen LogP contribution in [0.3, 0.4) is 0 Å². The van der Waals surface area contributed by atoms with Gasteiger partial charge in [-0.2, -0.15) is 0 Å². The summed E-state index contributed by atoms with van der Waals surface area (Å²) in [6.07, 6.45) is 6.39. The third-order valence-electron chi connectivity index (χ3n) is 10.4. The first-order valence-electron chi connectivity index (χ1n) is 16.9. The fraction of sp³-hybridized carbons (Fsp3) is 0.136. The number of fused-ring (bicyclic) bond motifs is 10. The van der Waals surface area contributed by atoms with E-state index in [1.54, 1.807) is 0 Å². The number of furan rings is 2. The topological polar surface area (TPSA) is 29.5 Å². The molecule has 1 aliphatic rings. The van der Waals surface area contributed by atoms with Gasteiger partial charge >= 0.3 is 0 Å². The predicted molar refractivity (Wildman–Crippen MR) is 197 cm³/mol. The quantitative estimate of drug-likeness (QED) is 0.199. The maximum absolute atomic E-state index is 7.02. The van der Waals surface area contributed by atoms with E-state index in [1.807, 2.05) is 0 Å². The van der Waals surface area contributed by atoms with Gasteiger partial charge in [-0.1, -0.05) is 122 Å². The number of anilines is 3. The molecular weight excluding hydrogens is 574 g/mol. The van der Waals surface area contributed by atoms with Gasteiger partial charge in [0.2, 0.25) is 0 Å². The SMILES string of the molecule is c1ccc(N(c2cc3oc4c5ccccc5ccc4c3c3ccccc23)c2cccc3c2oc2c(C4CCCCC4)cccc23)cc1. The van der Waals surface area contributed by atoms with Crippen molar-refractivity contribution in [3.63, 3.8) is 0 Å². The Kier molecular flexibility index (Phi) is 5.95. The Hall–Kier alpha value is -5.54. The predicted octanol–water partition coefficient (Wildman–Crippen LogP) is 13.3. The molecule has 0 radical (unpaired) electrons. The molecule has 1 saturated carbocycles. The molecule has 0 spiro atoms. The molecule has 0 bridgehead atoms. The highest BCUT2D eigenvalue weighted by molar-refractivity contribution is 6.26. The standard InChI is InChI=1S/C44H33NO2/c1-3-13-28(14-4-1)32-21-11-22-35-36-23-12-24-38(44(36)47-42(32)35)45(30-16-5-2-6-17-30)39-27-40-41(34-20-10-9-19-33(34)39)37-26-25-29-15-7-8-18-31(29)43(37)46-40/h2,5-12,15-28H,1,3-4,13-14H2. The molecule has 9 aromatic rings. The van der Waals surface area contributed by atoms with Crippen LogP contribution < -0.4 is 4.90 Å². The Morgan fingerprint density at radius 3 is 2.02 bits per heavy atom. The molecule has 0 N–H and O–H groups in total. The summed E-state index contributed by atoms with van der Waals surface area (Å²) in [4.78, 5) is 2.36. The minimum atomic E-state index is 0.553. The van der Waals surface area contributed by atoms with E-state index in [1.165, 1.54) is 53.8 Å². The Bertz CT molecular complexity index is 2620. The summed E-state index contributed by atoms with van der Waals surface area (Å²) in [7, 11) is 0.